The van der Waals surface area contributed by atoms with Crippen molar-refractivity contribution in [3.63, 3.8) is 0 Å². The summed E-state index contributed by atoms with van der Waals surface area (Å²) >= 11 is 5.66. The van der Waals surface area contributed by atoms with Crippen LogP contribution in [0.3, 0.4) is 0 Å². The fourth-order valence-electron chi connectivity index (χ4n) is 2.04. The summed E-state index contributed by atoms with van der Waals surface area (Å²) in [4.78, 5) is 0. The highest BCUT2D eigenvalue weighted by atomic mass is 35.5. The molecule has 0 aliphatic rings. The summed E-state index contributed by atoms with van der Waals surface area (Å²) in [6.07, 6.45) is 1.33. The predicted molar refractivity (Wildman–Crippen MR) is 94.4 cm³/mol. The Morgan fingerprint density at radius 2 is 1.92 bits per heavy atom. The van der Waals surface area contributed by atoms with E-state index in [9.17, 15) is 13.5 Å². The predicted octanol–water partition coefficient (Wildman–Crippen LogP) is 2.15. The van der Waals surface area contributed by atoms with E-state index in [0.29, 0.717) is 17.0 Å². The first-order valence-electron chi connectivity index (χ1n) is 7.27. The van der Waals surface area contributed by atoms with Gasteiger partial charge in [0, 0.05) is 31.9 Å². The third-order valence-corrected chi connectivity index (χ3v) is 5.13. The van der Waals surface area contributed by atoms with Crippen LogP contribution in [0.25, 0.3) is 11.3 Å². The lowest BCUT2D eigenvalue weighted by Gasteiger charge is -2.11. The molecular weight excluding hydrogens is 382 g/mol. The SMILES string of the molecule is CN(C)S(=O)(=O)n1ccc(-c2ccccc2Oc2nnc(Cl)cc2O)n1. The van der Waals surface area contributed by atoms with Crippen LogP contribution in [0.4, 0.5) is 0 Å². The van der Waals surface area contributed by atoms with Crippen molar-refractivity contribution in [1.29, 1.82) is 0 Å². The maximum atomic E-state index is 12.2. The molecule has 0 radical (unpaired) electrons. The zero-order valence-electron chi connectivity index (χ0n) is 13.7. The maximum Gasteiger partial charge on any atom is 0.322 e. The number of aromatic hydroxyl groups is 1. The lowest BCUT2D eigenvalue weighted by atomic mass is 10.1. The zero-order valence-corrected chi connectivity index (χ0v) is 15.3. The fourth-order valence-corrected chi connectivity index (χ4v) is 2.92. The van der Waals surface area contributed by atoms with Crippen molar-refractivity contribution in [1.82, 2.24) is 23.7 Å². The van der Waals surface area contributed by atoms with E-state index in [1.165, 1.54) is 32.4 Å². The Balaban J connectivity index is 1.99. The molecule has 1 aromatic carbocycles. The number of benzene rings is 1. The summed E-state index contributed by atoms with van der Waals surface area (Å²) in [5, 5.41) is 21.3. The van der Waals surface area contributed by atoms with E-state index in [0.717, 1.165) is 8.39 Å². The van der Waals surface area contributed by atoms with Crippen LogP contribution in [0.5, 0.6) is 17.4 Å². The molecule has 0 amide bonds. The van der Waals surface area contributed by atoms with Crippen LogP contribution in [0, 0.1) is 0 Å². The minimum absolute atomic E-state index is 0.0239. The quantitative estimate of drug-likeness (QED) is 0.704. The van der Waals surface area contributed by atoms with Gasteiger partial charge in [-0.2, -0.15) is 21.9 Å². The van der Waals surface area contributed by atoms with Gasteiger partial charge in [-0.25, -0.2) is 0 Å². The first-order chi connectivity index (χ1) is 12.3. The number of halogens is 1. The number of hydrogen-bond acceptors (Lipinski definition) is 7. The molecule has 0 unspecified atom stereocenters. The van der Waals surface area contributed by atoms with Crippen LogP contribution >= 0.6 is 11.6 Å². The maximum absolute atomic E-state index is 12.2. The lowest BCUT2D eigenvalue weighted by Crippen LogP contribution is -2.29. The van der Waals surface area contributed by atoms with Gasteiger partial charge >= 0.3 is 10.2 Å². The van der Waals surface area contributed by atoms with Gasteiger partial charge in [-0.3, -0.25) is 0 Å². The Morgan fingerprint density at radius 1 is 1.19 bits per heavy atom. The van der Waals surface area contributed by atoms with E-state index in [2.05, 4.69) is 15.3 Å². The van der Waals surface area contributed by atoms with Crippen LogP contribution in [-0.4, -0.2) is 51.3 Å². The summed E-state index contributed by atoms with van der Waals surface area (Å²) in [5.74, 6) is -0.102. The summed E-state index contributed by atoms with van der Waals surface area (Å²) < 4.78 is 31.8. The van der Waals surface area contributed by atoms with E-state index in [1.807, 2.05) is 0 Å². The normalized spacial score (nSPS) is 11.7. The molecule has 0 atom stereocenters. The molecule has 3 aromatic rings. The van der Waals surface area contributed by atoms with Crippen molar-refractivity contribution in [2.24, 2.45) is 0 Å². The van der Waals surface area contributed by atoms with Crippen LogP contribution in [0.2, 0.25) is 5.15 Å². The van der Waals surface area contributed by atoms with Gasteiger partial charge in [-0.15, -0.1) is 10.2 Å². The van der Waals surface area contributed by atoms with Gasteiger partial charge in [0.25, 0.3) is 5.88 Å². The molecular formula is C15H14ClN5O4S. The Labute approximate surface area is 154 Å². The Morgan fingerprint density at radius 3 is 2.62 bits per heavy atom. The van der Waals surface area contributed by atoms with E-state index in [-0.39, 0.29) is 16.8 Å². The van der Waals surface area contributed by atoms with Gasteiger partial charge in [-0.1, -0.05) is 23.7 Å². The molecule has 0 aliphatic heterocycles. The topological polar surface area (TPSA) is 110 Å². The summed E-state index contributed by atoms with van der Waals surface area (Å²) in [6.45, 7) is 0. The molecule has 9 nitrogen and oxygen atoms in total. The van der Waals surface area contributed by atoms with Gasteiger partial charge in [-0.05, 0) is 18.2 Å². The second-order valence-corrected chi connectivity index (χ2v) is 7.71. The first kappa shape index (κ1) is 18.1. The number of para-hydroxylation sites is 1. The number of hydrogen-bond donors (Lipinski definition) is 1. The van der Waals surface area contributed by atoms with Crippen LogP contribution < -0.4 is 4.74 Å². The largest absolute Gasteiger partial charge is 0.503 e. The summed E-state index contributed by atoms with van der Waals surface area (Å²) in [6, 6.07) is 9.53. The van der Waals surface area contributed by atoms with Crippen LogP contribution in [0.1, 0.15) is 0 Å². The van der Waals surface area contributed by atoms with Gasteiger partial charge < -0.3 is 9.84 Å². The summed E-state index contributed by atoms with van der Waals surface area (Å²) in [5.41, 5.74) is 0.879. The molecule has 26 heavy (non-hydrogen) atoms. The highest BCUT2D eigenvalue weighted by molar-refractivity contribution is 7.87. The average molecular weight is 396 g/mol. The average Bonchev–Trinajstić information content (AvgIpc) is 3.08. The van der Waals surface area contributed by atoms with Gasteiger partial charge in [0.2, 0.25) is 0 Å². The fraction of sp³-hybridized carbons (Fsp3) is 0.133. The van der Waals surface area contributed by atoms with Crippen molar-refractivity contribution in [2.45, 2.75) is 0 Å². The number of nitrogens with zero attached hydrogens (tertiary/aromatic N) is 5. The number of ether oxygens (including phenoxy) is 1. The van der Waals surface area contributed by atoms with Crippen LogP contribution in [-0.2, 0) is 10.2 Å². The molecule has 11 heteroatoms. The van der Waals surface area contributed by atoms with Crippen molar-refractivity contribution in [2.75, 3.05) is 14.1 Å². The smallest absolute Gasteiger partial charge is 0.322 e. The molecule has 0 saturated carbocycles. The highest BCUT2D eigenvalue weighted by Crippen LogP contribution is 2.35. The van der Waals surface area contributed by atoms with E-state index in [1.54, 1.807) is 24.3 Å². The van der Waals surface area contributed by atoms with Gasteiger partial charge in [0.05, 0.1) is 5.69 Å². The standard InChI is InChI=1S/C15H14ClN5O4S/c1-20(2)26(23,24)21-8-7-11(19-21)10-5-3-4-6-13(10)25-15-12(22)9-14(16)17-18-15/h3-9H,1-2H3,(H,17,22). The van der Waals surface area contributed by atoms with Crippen molar-refractivity contribution >= 4 is 21.8 Å². The molecule has 136 valence electrons. The molecule has 0 fully saturated rings. The monoisotopic (exact) mass is 395 g/mol. The summed E-state index contributed by atoms with van der Waals surface area (Å²) in [7, 11) is -0.901. The third-order valence-electron chi connectivity index (χ3n) is 3.34. The second kappa shape index (κ2) is 6.90. The minimum atomic E-state index is -3.73. The van der Waals surface area contributed by atoms with E-state index < -0.39 is 10.2 Å². The second-order valence-electron chi connectivity index (χ2n) is 5.32. The molecule has 0 saturated heterocycles. The molecule has 0 aliphatic carbocycles. The first-order valence-corrected chi connectivity index (χ1v) is 9.04. The Bertz CT molecular complexity index is 1050. The molecule has 2 heterocycles. The zero-order chi connectivity index (χ0) is 18.9. The van der Waals surface area contributed by atoms with Gasteiger partial charge in [0.1, 0.15) is 5.75 Å². The lowest BCUT2D eigenvalue weighted by molar-refractivity contribution is 0.392. The Hall–Kier alpha value is -2.69. The molecule has 0 spiro atoms. The van der Waals surface area contributed by atoms with Crippen molar-refractivity contribution < 1.29 is 18.3 Å². The molecule has 2 aromatic heterocycles. The third kappa shape index (κ3) is 3.47. The van der Waals surface area contributed by atoms with Crippen molar-refractivity contribution in [3.8, 4) is 28.6 Å². The molecule has 1 N–H and O–H groups in total. The Kier molecular flexibility index (Phi) is 4.81. The number of rotatable bonds is 5. The van der Waals surface area contributed by atoms with E-state index in [4.69, 9.17) is 16.3 Å². The van der Waals surface area contributed by atoms with Gasteiger partial charge in [0.15, 0.2) is 10.9 Å². The van der Waals surface area contributed by atoms with Crippen molar-refractivity contribution in [3.05, 3.63) is 47.7 Å². The molecule has 3 rings (SSSR count). The van der Waals surface area contributed by atoms with Crippen LogP contribution in [0.15, 0.2) is 42.6 Å². The van der Waals surface area contributed by atoms with E-state index >= 15 is 0 Å². The number of aromatic nitrogens is 4. The molecule has 0 bridgehead atoms. The highest BCUT2D eigenvalue weighted by Gasteiger charge is 2.19. The minimum Gasteiger partial charge on any atom is -0.503 e.